The van der Waals surface area contributed by atoms with E-state index in [2.05, 4.69) is 29.0 Å². The van der Waals surface area contributed by atoms with Gasteiger partial charge >= 0.3 is 0 Å². The van der Waals surface area contributed by atoms with Crippen molar-refractivity contribution in [1.29, 1.82) is 0 Å². The van der Waals surface area contributed by atoms with Gasteiger partial charge in [0.05, 0.1) is 10.2 Å². The highest BCUT2D eigenvalue weighted by Crippen LogP contribution is 2.30. The number of rotatable bonds is 6. The number of thiazole rings is 1. The number of fused-ring (bicyclic) bond motifs is 1. The number of aryl methyl sites for hydroxylation is 1. The monoisotopic (exact) mass is 398 g/mol. The average molecular weight is 399 g/mol. The van der Waals surface area contributed by atoms with Crippen LogP contribution in [0.1, 0.15) is 19.4 Å². The van der Waals surface area contributed by atoms with Crippen molar-refractivity contribution >= 4 is 56.6 Å². The standard InChI is InChI=1S/C20H19ClN4OS/c1-4-14-8-7-9-15(12-14)23-13(2)18(21)19(26)25(22-3)20-24-16-10-5-6-11-17(16)27-20/h5-12,23H,3-4H2,1-2H3/b18-13-. The molecule has 27 heavy (non-hydrogen) atoms. The summed E-state index contributed by atoms with van der Waals surface area (Å²) in [5.41, 5.74) is 3.39. The number of halogens is 1. The molecule has 0 radical (unpaired) electrons. The Kier molecular flexibility index (Phi) is 5.88. The molecule has 3 rings (SSSR count). The maximum atomic E-state index is 12.8. The molecule has 0 saturated carbocycles. The van der Waals surface area contributed by atoms with Gasteiger partial charge in [-0.15, -0.1) is 0 Å². The normalized spacial score (nSPS) is 11.8. The number of aromatic nitrogens is 1. The van der Waals surface area contributed by atoms with Gasteiger partial charge in [-0.25, -0.2) is 4.98 Å². The number of carbonyl (C=O) groups is 1. The minimum atomic E-state index is -0.484. The smallest absolute Gasteiger partial charge is 0.294 e. The third-order valence-corrected chi connectivity index (χ3v) is 5.44. The van der Waals surface area contributed by atoms with Crippen LogP contribution in [0.25, 0.3) is 10.2 Å². The summed E-state index contributed by atoms with van der Waals surface area (Å²) in [6.07, 6.45) is 0.927. The van der Waals surface area contributed by atoms with Crippen LogP contribution in [0.15, 0.2) is 64.4 Å². The molecule has 5 nitrogen and oxygen atoms in total. The van der Waals surface area contributed by atoms with Gasteiger partial charge in [-0.05, 0) is 43.2 Å². The summed E-state index contributed by atoms with van der Waals surface area (Å²) in [6, 6.07) is 15.6. The van der Waals surface area contributed by atoms with E-state index in [0.717, 1.165) is 27.3 Å². The minimum Gasteiger partial charge on any atom is -0.358 e. The van der Waals surface area contributed by atoms with Gasteiger partial charge in [0, 0.05) is 18.1 Å². The third-order valence-electron chi connectivity index (χ3n) is 3.98. The van der Waals surface area contributed by atoms with E-state index < -0.39 is 5.91 Å². The third kappa shape index (κ3) is 4.18. The first kappa shape index (κ1) is 19.1. The van der Waals surface area contributed by atoms with Crippen LogP contribution >= 0.6 is 22.9 Å². The molecule has 0 aliphatic rings. The lowest BCUT2D eigenvalue weighted by Crippen LogP contribution is -2.26. The summed E-state index contributed by atoms with van der Waals surface area (Å²) in [7, 11) is 0. The first-order chi connectivity index (χ1) is 13.0. The molecule has 0 aliphatic carbocycles. The number of carbonyl (C=O) groups excluding carboxylic acids is 1. The van der Waals surface area contributed by atoms with Crippen LogP contribution in [-0.2, 0) is 11.2 Å². The van der Waals surface area contributed by atoms with E-state index in [4.69, 9.17) is 11.6 Å². The van der Waals surface area contributed by atoms with E-state index in [9.17, 15) is 4.79 Å². The Morgan fingerprint density at radius 1 is 1.30 bits per heavy atom. The summed E-state index contributed by atoms with van der Waals surface area (Å²) in [6.45, 7) is 7.33. The molecular formula is C20H19ClN4OS. The second-order valence-corrected chi connectivity index (χ2v) is 7.23. The van der Waals surface area contributed by atoms with Crippen molar-refractivity contribution in [2.24, 2.45) is 5.10 Å². The van der Waals surface area contributed by atoms with Crippen LogP contribution in [0.5, 0.6) is 0 Å². The topological polar surface area (TPSA) is 57.6 Å². The van der Waals surface area contributed by atoms with Crippen LogP contribution in [-0.4, -0.2) is 17.6 Å². The lowest BCUT2D eigenvalue weighted by molar-refractivity contribution is -0.114. The number of para-hydroxylation sites is 1. The second kappa shape index (κ2) is 8.33. The molecule has 1 amide bonds. The molecule has 0 unspecified atom stereocenters. The van der Waals surface area contributed by atoms with Gasteiger partial charge < -0.3 is 5.32 Å². The zero-order valence-electron chi connectivity index (χ0n) is 15.1. The summed E-state index contributed by atoms with van der Waals surface area (Å²) in [4.78, 5) is 17.3. The van der Waals surface area contributed by atoms with E-state index >= 15 is 0 Å². The Labute approximate surface area is 167 Å². The molecule has 138 valence electrons. The van der Waals surface area contributed by atoms with Crippen molar-refractivity contribution in [2.45, 2.75) is 20.3 Å². The lowest BCUT2D eigenvalue weighted by atomic mass is 10.1. The summed E-state index contributed by atoms with van der Waals surface area (Å²) >= 11 is 7.70. The number of allylic oxidation sites excluding steroid dienone is 1. The molecule has 1 N–H and O–H groups in total. The Hall–Kier alpha value is -2.70. The minimum absolute atomic E-state index is 0.0311. The van der Waals surface area contributed by atoms with Gasteiger partial charge in [0.25, 0.3) is 5.91 Å². The van der Waals surface area contributed by atoms with Crippen molar-refractivity contribution in [2.75, 3.05) is 10.3 Å². The van der Waals surface area contributed by atoms with Gasteiger partial charge in [0.2, 0.25) is 5.13 Å². The van der Waals surface area contributed by atoms with E-state index in [-0.39, 0.29) is 5.03 Å². The number of amides is 1. The Bertz CT molecular complexity index is 995. The predicted molar refractivity (Wildman–Crippen MR) is 115 cm³/mol. The SMILES string of the molecule is C=NN(C(=O)/C(Cl)=C(\C)Nc1cccc(CC)c1)c1nc2ccccc2s1. The molecule has 0 fully saturated rings. The molecule has 0 saturated heterocycles. The van der Waals surface area contributed by atoms with Crippen LogP contribution in [0.2, 0.25) is 0 Å². The quantitative estimate of drug-likeness (QED) is 0.344. The first-order valence-electron chi connectivity index (χ1n) is 8.42. The number of hydrogen-bond donors (Lipinski definition) is 1. The van der Waals surface area contributed by atoms with Gasteiger partial charge in [-0.1, -0.05) is 54.1 Å². The number of anilines is 2. The van der Waals surface area contributed by atoms with Crippen molar-refractivity contribution in [1.82, 2.24) is 4.98 Å². The largest absolute Gasteiger partial charge is 0.358 e. The summed E-state index contributed by atoms with van der Waals surface area (Å²) in [5.74, 6) is -0.484. The molecule has 3 aromatic rings. The lowest BCUT2D eigenvalue weighted by Gasteiger charge is -2.15. The van der Waals surface area contributed by atoms with Gasteiger partial charge in [0.1, 0.15) is 5.03 Å². The summed E-state index contributed by atoms with van der Waals surface area (Å²) < 4.78 is 0.959. The summed E-state index contributed by atoms with van der Waals surface area (Å²) in [5, 5.41) is 8.58. The molecule has 0 aliphatic heterocycles. The molecule has 1 heterocycles. The van der Waals surface area contributed by atoms with Crippen molar-refractivity contribution in [3.8, 4) is 0 Å². The molecule has 0 atom stereocenters. The second-order valence-electron chi connectivity index (χ2n) is 5.84. The van der Waals surface area contributed by atoms with E-state index in [1.165, 1.54) is 16.9 Å². The van der Waals surface area contributed by atoms with Gasteiger partial charge in [0.15, 0.2) is 0 Å². The predicted octanol–water partition coefficient (Wildman–Crippen LogP) is 5.39. The van der Waals surface area contributed by atoms with E-state index in [1.807, 2.05) is 48.5 Å². The van der Waals surface area contributed by atoms with Crippen LogP contribution in [0.3, 0.4) is 0 Å². The highest BCUT2D eigenvalue weighted by Gasteiger charge is 2.23. The van der Waals surface area contributed by atoms with Crippen molar-refractivity contribution in [3.05, 3.63) is 64.8 Å². The van der Waals surface area contributed by atoms with Crippen LogP contribution in [0, 0.1) is 0 Å². The number of nitrogens with zero attached hydrogens (tertiary/aromatic N) is 3. The molecule has 7 heteroatoms. The van der Waals surface area contributed by atoms with Crippen molar-refractivity contribution in [3.63, 3.8) is 0 Å². The fourth-order valence-corrected chi connectivity index (χ4v) is 3.62. The Morgan fingerprint density at radius 2 is 2.07 bits per heavy atom. The zero-order valence-corrected chi connectivity index (χ0v) is 16.6. The highest BCUT2D eigenvalue weighted by molar-refractivity contribution is 7.22. The maximum absolute atomic E-state index is 12.8. The molecular weight excluding hydrogens is 380 g/mol. The molecule has 1 aromatic heterocycles. The number of hydrogen-bond acceptors (Lipinski definition) is 5. The van der Waals surface area contributed by atoms with Crippen molar-refractivity contribution < 1.29 is 4.79 Å². The van der Waals surface area contributed by atoms with E-state index in [0.29, 0.717) is 10.8 Å². The fraction of sp³-hybridized carbons (Fsp3) is 0.150. The number of nitrogens with one attached hydrogen (secondary N) is 1. The Morgan fingerprint density at radius 3 is 2.78 bits per heavy atom. The first-order valence-corrected chi connectivity index (χ1v) is 9.62. The fourth-order valence-electron chi connectivity index (χ4n) is 2.56. The van der Waals surface area contributed by atoms with Gasteiger partial charge in [-0.3, -0.25) is 4.79 Å². The van der Waals surface area contributed by atoms with Gasteiger partial charge in [-0.2, -0.15) is 10.1 Å². The molecule has 0 bridgehead atoms. The van der Waals surface area contributed by atoms with Crippen LogP contribution in [0.4, 0.5) is 10.8 Å². The highest BCUT2D eigenvalue weighted by atomic mass is 35.5. The molecule has 2 aromatic carbocycles. The zero-order chi connectivity index (χ0) is 19.4. The number of benzene rings is 2. The number of hydrazone groups is 1. The molecule has 0 spiro atoms. The van der Waals surface area contributed by atoms with E-state index in [1.54, 1.807) is 6.92 Å². The van der Waals surface area contributed by atoms with Crippen LogP contribution < -0.4 is 10.3 Å². The Balaban J connectivity index is 1.86. The maximum Gasteiger partial charge on any atom is 0.294 e. The average Bonchev–Trinajstić information content (AvgIpc) is 3.11.